The normalized spacial score (nSPS) is 15.9. The summed E-state index contributed by atoms with van der Waals surface area (Å²) < 4.78 is 37.7. The molecular weight excluding hydrogens is 454 g/mol. The Hall–Kier alpha value is -3.51. The number of benzene rings is 1. The van der Waals surface area contributed by atoms with E-state index in [1.807, 2.05) is 0 Å². The molecule has 0 spiro atoms. The molecular formula is C21H18F2N6O3S. The molecule has 1 atom stereocenters. The Morgan fingerprint density at radius 2 is 2.27 bits per heavy atom. The first kappa shape index (κ1) is 21.3. The Labute approximate surface area is 190 Å². The molecule has 2 N–H and O–H groups in total. The molecule has 4 aromatic rings. The van der Waals surface area contributed by atoms with Crippen LogP contribution in [0.25, 0.3) is 16.9 Å². The fraction of sp³-hybridized carbons (Fsp3) is 0.238. The molecule has 1 unspecified atom stereocenters. The number of H-pyrrole nitrogens is 1. The number of hydrogen-bond acceptors (Lipinski definition) is 7. The van der Waals surface area contributed by atoms with E-state index in [1.54, 1.807) is 42.4 Å². The van der Waals surface area contributed by atoms with Gasteiger partial charge in [0.15, 0.2) is 5.65 Å². The zero-order valence-electron chi connectivity index (χ0n) is 17.1. The number of aromatic nitrogens is 5. The van der Waals surface area contributed by atoms with E-state index in [9.17, 15) is 13.6 Å². The zero-order valence-corrected chi connectivity index (χ0v) is 17.9. The molecule has 9 nitrogen and oxygen atoms in total. The summed E-state index contributed by atoms with van der Waals surface area (Å²) in [4.78, 5) is 18.0. The summed E-state index contributed by atoms with van der Waals surface area (Å²) >= 11 is 1.60. The van der Waals surface area contributed by atoms with Gasteiger partial charge in [0, 0.05) is 34.7 Å². The minimum Gasteiger partial charge on any atom is -0.434 e. The molecule has 0 bridgehead atoms. The molecule has 1 aromatic carbocycles. The van der Waals surface area contributed by atoms with Crippen LogP contribution in [0, 0.1) is 0 Å². The maximum absolute atomic E-state index is 13.1. The summed E-state index contributed by atoms with van der Waals surface area (Å²) in [5, 5.41) is 13.9. The van der Waals surface area contributed by atoms with Gasteiger partial charge in [0.05, 0.1) is 30.4 Å². The summed E-state index contributed by atoms with van der Waals surface area (Å²) in [5.41, 5.74) is 1.65. The summed E-state index contributed by atoms with van der Waals surface area (Å²) in [6, 6.07) is 6.65. The molecule has 0 saturated carbocycles. The number of fused-ring (bicyclic) bond motifs is 1. The van der Waals surface area contributed by atoms with E-state index in [4.69, 9.17) is 9.47 Å². The Bertz CT molecular complexity index is 1290. The lowest BCUT2D eigenvalue weighted by atomic mass is 10.1. The first-order valence-electron chi connectivity index (χ1n) is 10.0. The third-order valence-electron chi connectivity index (χ3n) is 5.04. The van der Waals surface area contributed by atoms with Crippen LogP contribution in [0.3, 0.4) is 0 Å². The number of carbonyl (C=O) groups excluding carboxylic acids is 1. The van der Waals surface area contributed by atoms with Gasteiger partial charge in [0.2, 0.25) is 0 Å². The van der Waals surface area contributed by atoms with Crippen molar-refractivity contribution in [3.8, 4) is 17.0 Å². The van der Waals surface area contributed by atoms with Crippen LogP contribution in [-0.2, 0) is 4.74 Å². The van der Waals surface area contributed by atoms with Crippen molar-refractivity contribution in [3.63, 3.8) is 0 Å². The third-order valence-corrected chi connectivity index (χ3v) is 6.27. The monoisotopic (exact) mass is 472 g/mol. The van der Waals surface area contributed by atoms with Crippen LogP contribution < -0.4 is 10.1 Å². The summed E-state index contributed by atoms with van der Waals surface area (Å²) in [7, 11) is 0. The minimum absolute atomic E-state index is 0.0329. The van der Waals surface area contributed by atoms with Gasteiger partial charge in [-0.15, -0.1) is 11.8 Å². The zero-order chi connectivity index (χ0) is 22.8. The van der Waals surface area contributed by atoms with Gasteiger partial charge in [-0.1, -0.05) is 0 Å². The van der Waals surface area contributed by atoms with Crippen LogP contribution in [0.1, 0.15) is 16.8 Å². The topological polar surface area (TPSA) is 106 Å². The molecule has 1 saturated heterocycles. The lowest BCUT2D eigenvalue weighted by Crippen LogP contribution is -2.12. The van der Waals surface area contributed by atoms with Gasteiger partial charge in [-0.25, -0.2) is 9.50 Å². The van der Waals surface area contributed by atoms with E-state index in [2.05, 4.69) is 25.6 Å². The van der Waals surface area contributed by atoms with Crippen LogP contribution in [0.15, 0.2) is 53.9 Å². The molecule has 0 aliphatic carbocycles. The molecule has 0 radical (unpaired) electrons. The van der Waals surface area contributed by atoms with E-state index >= 15 is 0 Å². The predicted molar refractivity (Wildman–Crippen MR) is 117 cm³/mol. The Kier molecular flexibility index (Phi) is 5.92. The Morgan fingerprint density at radius 1 is 1.36 bits per heavy atom. The summed E-state index contributed by atoms with van der Waals surface area (Å²) in [5.74, 6) is -0.495. The average Bonchev–Trinajstić information content (AvgIpc) is 3.55. The van der Waals surface area contributed by atoms with Crippen LogP contribution in [0.5, 0.6) is 5.75 Å². The van der Waals surface area contributed by atoms with Crippen molar-refractivity contribution in [1.29, 1.82) is 0 Å². The number of hydrogen-bond donors (Lipinski definition) is 2. The molecule has 1 amide bonds. The number of carbonyl (C=O) groups is 1. The van der Waals surface area contributed by atoms with Crippen LogP contribution in [-0.4, -0.2) is 55.8 Å². The van der Waals surface area contributed by atoms with Crippen molar-refractivity contribution in [2.45, 2.75) is 23.2 Å². The molecule has 12 heteroatoms. The van der Waals surface area contributed by atoms with E-state index in [1.165, 1.54) is 23.0 Å². The number of amides is 1. The summed E-state index contributed by atoms with van der Waals surface area (Å²) in [6.45, 7) is -1.67. The van der Waals surface area contributed by atoms with Crippen LogP contribution in [0.4, 0.5) is 14.5 Å². The highest BCUT2D eigenvalue weighted by atomic mass is 32.2. The molecule has 1 aliphatic heterocycles. The van der Waals surface area contributed by atoms with Crippen molar-refractivity contribution in [2.75, 3.05) is 18.5 Å². The third kappa shape index (κ3) is 4.52. The highest BCUT2D eigenvalue weighted by molar-refractivity contribution is 8.00. The number of rotatable bonds is 7. The van der Waals surface area contributed by atoms with E-state index in [0.717, 1.165) is 11.3 Å². The molecule has 1 aliphatic rings. The SMILES string of the molecule is O=C(Nc1cn[nH]c1-c1cc(SC2CCOC2)ccc1OC(F)F)c1cnn2cccnc12. The van der Waals surface area contributed by atoms with Gasteiger partial charge >= 0.3 is 6.61 Å². The number of thioether (sulfide) groups is 1. The van der Waals surface area contributed by atoms with Crippen molar-refractivity contribution >= 4 is 29.0 Å². The van der Waals surface area contributed by atoms with Crippen molar-refractivity contribution < 1.29 is 23.0 Å². The van der Waals surface area contributed by atoms with Gasteiger partial charge in [-0.2, -0.15) is 19.0 Å². The van der Waals surface area contributed by atoms with Crippen molar-refractivity contribution in [3.05, 3.63) is 54.6 Å². The fourth-order valence-corrected chi connectivity index (χ4v) is 4.63. The molecule has 3 aromatic heterocycles. The Morgan fingerprint density at radius 3 is 3.09 bits per heavy atom. The molecule has 4 heterocycles. The fourth-order valence-electron chi connectivity index (χ4n) is 3.54. The van der Waals surface area contributed by atoms with Gasteiger partial charge in [-0.3, -0.25) is 9.89 Å². The lowest BCUT2D eigenvalue weighted by Gasteiger charge is -2.14. The smallest absolute Gasteiger partial charge is 0.387 e. The largest absolute Gasteiger partial charge is 0.434 e. The van der Waals surface area contributed by atoms with E-state index in [-0.39, 0.29) is 16.6 Å². The van der Waals surface area contributed by atoms with Gasteiger partial charge in [-0.05, 0) is 30.7 Å². The minimum atomic E-state index is -3.00. The molecule has 5 rings (SSSR count). The second-order valence-electron chi connectivity index (χ2n) is 7.20. The second kappa shape index (κ2) is 9.16. The van der Waals surface area contributed by atoms with Gasteiger partial charge in [0.1, 0.15) is 11.3 Å². The predicted octanol–water partition coefficient (Wildman–Crippen LogP) is 3.85. The highest BCUT2D eigenvalue weighted by Crippen LogP contribution is 2.39. The van der Waals surface area contributed by atoms with Crippen LogP contribution in [0.2, 0.25) is 0 Å². The molecule has 170 valence electrons. The highest BCUT2D eigenvalue weighted by Gasteiger charge is 2.22. The van der Waals surface area contributed by atoms with E-state index < -0.39 is 12.5 Å². The number of alkyl halides is 2. The first-order chi connectivity index (χ1) is 16.1. The van der Waals surface area contributed by atoms with Gasteiger partial charge in [0.25, 0.3) is 5.91 Å². The number of ether oxygens (including phenoxy) is 2. The first-order valence-corrected chi connectivity index (χ1v) is 10.9. The number of anilines is 1. The maximum atomic E-state index is 13.1. The number of nitrogens with zero attached hydrogens (tertiary/aromatic N) is 4. The molecule has 1 fully saturated rings. The number of halogens is 2. The average molecular weight is 472 g/mol. The number of aromatic amines is 1. The van der Waals surface area contributed by atoms with Crippen molar-refractivity contribution in [1.82, 2.24) is 24.8 Å². The van der Waals surface area contributed by atoms with Crippen LogP contribution >= 0.6 is 11.8 Å². The molecule has 33 heavy (non-hydrogen) atoms. The number of nitrogens with one attached hydrogen (secondary N) is 2. The van der Waals surface area contributed by atoms with Crippen molar-refractivity contribution in [2.24, 2.45) is 0 Å². The lowest BCUT2D eigenvalue weighted by molar-refractivity contribution is -0.0494. The Balaban J connectivity index is 1.46. The van der Waals surface area contributed by atoms with Gasteiger partial charge < -0.3 is 14.8 Å². The quantitative estimate of drug-likeness (QED) is 0.421. The second-order valence-corrected chi connectivity index (χ2v) is 8.57. The van der Waals surface area contributed by atoms with E-state index in [0.29, 0.717) is 35.8 Å². The summed E-state index contributed by atoms with van der Waals surface area (Å²) in [6.07, 6.45) is 6.96. The maximum Gasteiger partial charge on any atom is 0.387 e. The standard InChI is InChI=1S/C21H18F2N6O3S/c22-21(23)32-17-3-2-12(33-13-4-7-31-11-13)8-14(17)18-16(10-25-28-18)27-20(30)15-9-26-29-6-1-5-24-19(15)29/h1-3,5-6,8-10,13,21H,4,7,11H2,(H,25,28)(H,27,30).